The van der Waals surface area contributed by atoms with Gasteiger partial charge in [0.25, 0.3) is 0 Å². The van der Waals surface area contributed by atoms with Crippen molar-refractivity contribution in [1.82, 2.24) is 4.90 Å². The summed E-state index contributed by atoms with van der Waals surface area (Å²) >= 11 is 0. The van der Waals surface area contributed by atoms with Crippen LogP contribution >= 0.6 is 0 Å². The first-order chi connectivity index (χ1) is 11.8. The van der Waals surface area contributed by atoms with E-state index in [0.717, 1.165) is 23.8 Å². The Morgan fingerprint density at radius 3 is 2.46 bits per heavy atom. The first-order valence-electron chi connectivity index (χ1n) is 8.91. The van der Waals surface area contributed by atoms with E-state index >= 15 is 0 Å². The molecule has 1 fully saturated rings. The molecule has 1 aliphatic heterocycles. The van der Waals surface area contributed by atoms with Crippen molar-refractivity contribution in [2.24, 2.45) is 5.92 Å². The third-order valence-corrected chi connectivity index (χ3v) is 4.87. The molecular formula is C22H27NO. The molecule has 2 aromatic carbocycles. The predicted octanol–water partition coefficient (Wildman–Crippen LogP) is 4.66. The minimum atomic E-state index is 0.835. The van der Waals surface area contributed by atoms with Gasteiger partial charge in [-0.1, -0.05) is 60.7 Å². The van der Waals surface area contributed by atoms with Gasteiger partial charge < -0.3 is 4.74 Å². The van der Waals surface area contributed by atoms with E-state index in [0.29, 0.717) is 0 Å². The van der Waals surface area contributed by atoms with Crippen LogP contribution < -0.4 is 4.74 Å². The van der Waals surface area contributed by atoms with E-state index in [-0.39, 0.29) is 0 Å². The molecular weight excluding hydrogens is 294 g/mol. The lowest BCUT2D eigenvalue weighted by Gasteiger charge is -2.31. The fourth-order valence-electron chi connectivity index (χ4n) is 3.45. The molecule has 1 saturated heterocycles. The van der Waals surface area contributed by atoms with Crippen molar-refractivity contribution in [2.75, 3.05) is 26.7 Å². The number of hydrogen-bond donors (Lipinski definition) is 0. The second-order valence-electron chi connectivity index (χ2n) is 6.58. The van der Waals surface area contributed by atoms with E-state index in [9.17, 15) is 0 Å². The fraction of sp³-hybridized carbons (Fsp3) is 0.364. The van der Waals surface area contributed by atoms with E-state index < -0.39 is 0 Å². The molecule has 0 bridgehead atoms. The Morgan fingerprint density at radius 2 is 1.71 bits per heavy atom. The Morgan fingerprint density at radius 1 is 1.00 bits per heavy atom. The molecule has 0 radical (unpaired) electrons. The van der Waals surface area contributed by atoms with Gasteiger partial charge in [-0.15, -0.1) is 0 Å². The Hall–Kier alpha value is -2.06. The van der Waals surface area contributed by atoms with Crippen molar-refractivity contribution < 1.29 is 4.74 Å². The molecule has 0 spiro atoms. The summed E-state index contributed by atoms with van der Waals surface area (Å²) in [7, 11) is 1.73. The Balaban J connectivity index is 1.45. The predicted molar refractivity (Wildman–Crippen MR) is 101 cm³/mol. The van der Waals surface area contributed by atoms with Crippen LogP contribution in [0.3, 0.4) is 0 Å². The minimum Gasteiger partial charge on any atom is -0.496 e. The molecule has 2 heteroatoms. The number of rotatable bonds is 6. The molecule has 0 unspecified atom stereocenters. The Labute approximate surface area is 145 Å². The Kier molecular flexibility index (Phi) is 6.08. The lowest BCUT2D eigenvalue weighted by atomic mass is 9.90. The smallest absolute Gasteiger partial charge is 0.126 e. The van der Waals surface area contributed by atoms with Gasteiger partial charge >= 0.3 is 0 Å². The van der Waals surface area contributed by atoms with Gasteiger partial charge in [0.15, 0.2) is 0 Å². The van der Waals surface area contributed by atoms with Crippen LogP contribution in [-0.4, -0.2) is 31.6 Å². The number of methoxy groups -OCH3 is 1. The summed E-state index contributed by atoms with van der Waals surface area (Å²) < 4.78 is 5.39. The molecule has 3 rings (SSSR count). The normalized spacial score (nSPS) is 16.5. The Bertz CT molecular complexity index is 642. The van der Waals surface area contributed by atoms with Gasteiger partial charge in [0, 0.05) is 12.1 Å². The van der Waals surface area contributed by atoms with Gasteiger partial charge in [0.1, 0.15) is 5.75 Å². The van der Waals surface area contributed by atoms with Crippen molar-refractivity contribution in [2.45, 2.75) is 19.3 Å². The standard InChI is InChI=1S/C22H27NO/c1-24-22-12-6-5-10-21(22)11-7-15-23-16-13-20(14-17-23)18-19-8-3-2-4-9-19/h2-12,20H,13-18H2,1H3. The van der Waals surface area contributed by atoms with Crippen molar-refractivity contribution in [1.29, 1.82) is 0 Å². The van der Waals surface area contributed by atoms with Gasteiger partial charge in [-0.25, -0.2) is 0 Å². The summed E-state index contributed by atoms with van der Waals surface area (Å²) in [5, 5.41) is 0. The van der Waals surface area contributed by atoms with E-state index in [1.54, 1.807) is 7.11 Å². The zero-order chi connectivity index (χ0) is 16.6. The second kappa shape index (κ2) is 8.70. The highest BCUT2D eigenvalue weighted by molar-refractivity contribution is 5.57. The van der Waals surface area contributed by atoms with Crippen LogP contribution in [0.4, 0.5) is 0 Å². The maximum Gasteiger partial charge on any atom is 0.126 e. The summed E-state index contributed by atoms with van der Waals surface area (Å²) in [6.07, 6.45) is 8.27. The lowest BCUT2D eigenvalue weighted by molar-refractivity contribution is 0.200. The van der Waals surface area contributed by atoms with Crippen molar-refractivity contribution in [3.8, 4) is 5.75 Å². The third kappa shape index (κ3) is 4.72. The monoisotopic (exact) mass is 321 g/mol. The third-order valence-electron chi connectivity index (χ3n) is 4.87. The highest BCUT2D eigenvalue weighted by Gasteiger charge is 2.18. The topological polar surface area (TPSA) is 12.5 Å². The quantitative estimate of drug-likeness (QED) is 0.767. The van der Waals surface area contributed by atoms with E-state index in [1.807, 2.05) is 12.1 Å². The van der Waals surface area contributed by atoms with E-state index in [4.69, 9.17) is 4.74 Å². The molecule has 1 aliphatic rings. The minimum absolute atomic E-state index is 0.835. The first-order valence-corrected chi connectivity index (χ1v) is 8.91. The highest BCUT2D eigenvalue weighted by Crippen LogP contribution is 2.22. The number of likely N-dealkylation sites (tertiary alicyclic amines) is 1. The van der Waals surface area contributed by atoms with Gasteiger partial charge in [-0.05, 0) is 49.9 Å². The number of piperidine rings is 1. The second-order valence-corrected chi connectivity index (χ2v) is 6.58. The molecule has 24 heavy (non-hydrogen) atoms. The van der Waals surface area contributed by atoms with Gasteiger partial charge in [0.2, 0.25) is 0 Å². The molecule has 0 atom stereocenters. The summed E-state index contributed by atoms with van der Waals surface area (Å²) in [4.78, 5) is 2.55. The SMILES string of the molecule is COc1ccccc1C=CCN1CCC(Cc2ccccc2)CC1. The number of benzene rings is 2. The maximum atomic E-state index is 5.39. The average Bonchev–Trinajstić information content (AvgIpc) is 2.64. The molecule has 0 saturated carbocycles. The van der Waals surface area contributed by atoms with E-state index in [1.165, 1.54) is 37.9 Å². The van der Waals surface area contributed by atoms with Crippen LogP contribution in [-0.2, 0) is 6.42 Å². The molecule has 0 aromatic heterocycles. The molecule has 1 heterocycles. The summed E-state index contributed by atoms with van der Waals surface area (Å²) in [5.74, 6) is 1.78. The van der Waals surface area contributed by atoms with Crippen LogP contribution in [0.15, 0.2) is 60.7 Å². The molecule has 0 aliphatic carbocycles. The zero-order valence-corrected chi connectivity index (χ0v) is 14.5. The van der Waals surface area contributed by atoms with Gasteiger partial charge in [0.05, 0.1) is 7.11 Å². The van der Waals surface area contributed by atoms with Crippen LogP contribution in [0.25, 0.3) is 6.08 Å². The molecule has 2 aromatic rings. The summed E-state index contributed by atoms with van der Waals surface area (Å²) in [6.45, 7) is 3.43. The van der Waals surface area contributed by atoms with Crippen LogP contribution in [0.5, 0.6) is 5.75 Å². The van der Waals surface area contributed by atoms with Crippen LogP contribution in [0.2, 0.25) is 0 Å². The molecule has 0 amide bonds. The molecule has 2 nitrogen and oxygen atoms in total. The number of hydrogen-bond acceptors (Lipinski definition) is 2. The maximum absolute atomic E-state index is 5.39. The highest BCUT2D eigenvalue weighted by atomic mass is 16.5. The fourth-order valence-corrected chi connectivity index (χ4v) is 3.45. The van der Waals surface area contributed by atoms with Crippen LogP contribution in [0, 0.1) is 5.92 Å². The molecule has 0 N–H and O–H groups in total. The number of nitrogens with zero attached hydrogens (tertiary/aromatic N) is 1. The lowest BCUT2D eigenvalue weighted by Crippen LogP contribution is -2.34. The molecule has 126 valence electrons. The number of ether oxygens (including phenoxy) is 1. The average molecular weight is 321 g/mol. The largest absolute Gasteiger partial charge is 0.496 e. The zero-order valence-electron chi connectivity index (χ0n) is 14.5. The van der Waals surface area contributed by atoms with E-state index in [2.05, 4.69) is 59.5 Å². The van der Waals surface area contributed by atoms with Gasteiger partial charge in [-0.2, -0.15) is 0 Å². The van der Waals surface area contributed by atoms with Crippen molar-refractivity contribution >= 4 is 6.08 Å². The number of para-hydroxylation sites is 1. The van der Waals surface area contributed by atoms with Crippen molar-refractivity contribution in [3.63, 3.8) is 0 Å². The summed E-state index contributed by atoms with van der Waals surface area (Å²) in [5.41, 5.74) is 2.63. The van der Waals surface area contributed by atoms with Gasteiger partial charge in [-0.3, -0.25) is 4.90 Å². The van der Waals surface area contributed by atoms with Crippen LogP contribution in [0.1, 0.15) is 24.0 Å². The first kappa shape index (κ1) is 16.8. The van der Waals surface area contributed by atoms with Crippen molar-refractivity contribution in [3.05, 3.63) is 71.8 Å². The summed E-state index contributed by atoms with van der Waals surface area (Å²) in [6, 6.07) is 19.1.